The number of carbonyl (C=O) groups excluding carboxylic acids is 3. The predicted molar refractivity (Wildman–Crippen MR) is 95.5 cm³/mol. The summed E-state index contributed by atoms with van der Waals surface area (Å²) in [5.74, 6) is -0.614. The molecule has 2 aromatic carbocycles. The summed E-state index contributed by atoms with van der Waals surface area (Å²) in [6, 6.07) is 12.6. The molecule has 3 rings (SSSR count). The van der Waals surface area contributed by atoms with Gasteiger partial charge in [0, 0.05) is 24.9 Å². The molecule has 28 heavy (non-hydrogen) atoms. The second-order valence-electron chi connectivity index (χ2n) is 6.28. The van der Waals surface area contributed by atoms with E-state index in [2.05, 4.69) is 10.1 Å². The van der Waals surface area contributed by atoms with Gasteiger partial charge < -0.3 is 10.1 Å². The molecule has 0 unspecified atom stereocenters. The Hall–Kier alpha value is -3.29. The van der Waals surface area contributed by atoms with E-state index < -0.39 is 6.61 Å². The van der Waals surface area contributed by atoms with Gasteiger partial charge in [-0.3, -0.25) is 19.3 Å². The lowest BCUT2D eigenvalue weighted by Gasteiger charge is -2.14. The molecule has 0 spiro atoms. The van der Waals surface area contributed by atoms with E-state index in [1.165, 1.54) is 17.0 Å². The number of likely N-dealkylation sites (tertiary alicyclic amines) is 1. The smallest absolute Gasteiger partial charge is 0.387 e. The van der Waals surface area contributed by atoms with Gasteiger partial charge in [-0.2, -0.15) is 8.78 Å². The predicted octanol–water partition coefficient (Wildman–Crippen LogP) is 2.87. The summed E-state index contributed by atoms with van der Waals surface area (Å²) in [4.78, 5) is 36.8. The number of nitrogens with one attached hydrogen (secondary N) is 1. The number of halogens is 2. The van der Waals surface area contributed by atoms with Crippen LogP contribution in [0.3, 0.4) is 0 Å². The summed E-state index contributed by atoms with van der Waals surface area (Å²) in [6.45, 7) is -2.45. The average molecular weight is 388 g/mol. The molecule has 0 atom stereocenters. The fraction of sp³-hybridized carbons (Fsp3) is 0.250. The molecule has 0 radical (unpaired) electrons. The molecule has 1 aliphatic heterocycles. The molecule has 3 amide bonds. The summed E-state index contributed by atoms with van der Waals surface area (Å²) in [6.07, 6.45) is 0.489. The third-order valence-corrected chi connectivity index (χ3v) is 4.31. The number of nitrogens with zero attached hydrogens (tertiary/aromatic N) is 1. The number of amides is 3. The highest BCUT2D eigenvalue weighted by molar-refractivity contribution is 6.01. The van der Waals surface area contributed by atoms with Crippen molar-refractivity contribution in [3.8, 4) is 5.75 Å². The Kier molecular flexibility index (Phi) is 5.98. The van der Waals surface area contributed by atoms with Gasteiger partial charge in [-0.1, -0.05) is 24.3 Å². The second kappa shape index (κ2) is 8.60. The summed E-state index contributed by atoms with van der Waals surface area (Å²) < 4.78 is 28.5. The van der Waals surface area contributed by atoms with E-state index in [0.717, 1.165) is 11.1 Å². The number of alkyl halides is 2. The summed E-state index contributed by atoms with van der Waals surface area (Å²) in [5.41, 5.74) is 1.92. The molecule has 8 heteroatoms. The average Bonchev–Trinajstić information content (AvgIpc) is 2.99. The summed E-state index contributed by atoms with van der Waals surface area (Å²) >= 11 is 0. The van der Waals surface area contributed by atoms with E-state index in [9.17, 15) is 23.2 Å². The Balaban J connectivity index is 1.53. The fourth-order valence-electron chi connectivity index (χ4n) is 2.82. The van der Waals surface area contributed by atoms with Crippen LogP contribution in [0, 0.1) is 0 Å². The van der Waals surface area contributed by atoms with Crippen LogP contribution < -0.4 is 10.1 Å². The number of rotatable bonds is 7. The van der Waals surface area contributed by atoms with Gasteiger partial charge >= 0.3 is 6.61 Å². The number of carbonyl (C=O) groups is 3. The largest absolute Gasteiger partial charge is 0.435 e. The van der Waals surface area contributed by atoms with E-state index >= 15 is 0 Å². The maximum atomic E-state index is 12.2. The Morgan fingerprint density at radius 1 is 0.964 bits per heavy atom. The van der Waals surface area contributed by atoms with Gasteiger partial charge in [-0.25, -0.2) is 0 Å². The number of hydrogen-bond acceptors (Lipinski definition) is 4. The standard InChI is InChI=1S/C20H18F2N2O4/c21-20(22)28-16-7-3-13(4-8-16)11-23-19(27)15-5-1-14(2-6-15)12-24-17(25)9-10-18(24)26/h1-8,20H,9-12H2,(H,23,27). The lowest BCUT2D eigenvalue weighted by atomic mass is 10.1. The minimum absolute atomic E-state index is 0.0515. The SMILES string of the molecule is O=C(NCc1ccc(OC(F)F)cc1)c1ccc(CN2C(=O)CCC2=O)cc1. The molecule has 1 heterocycles. The van der Waals surface area contributed by atoms with E-state index in [-0.39, 0.29) is 49.4 Å². The molecular weight excluding hydrogens is 370 g/mol. The highest BCUT2D eigenvalue weighted by atomic mass is 19.3. The van der Waals surface area contributed by atoms with Crippen LogP contribution in [0.1, 0.15) is 34.3 Å². The van der Waals surface area contributed by atoms with Gasteiger partial charge in [0.1, 0.15) is 5.75 Å². The van der Waals surface area contributed by atoms with Crippen molar-refractivity contribution in [3.63, 3.8) is 0 Å². The van der Waals surface area contributed by atoms with E-state index in [4.69, 9.17) is 0 Å². The highest BCUT2D eigenvalue weighted by Crippen LogP contribution is 2.17. The molecule has 0 bridgehead atoms. The van der Waals surface area contributed by atoms with Crippen molar-refractivity contribution in [2.45, 2.75) is 32.5 Å². The molecule has 6 nitrogen and oxygen atoms in total. The maximum Gasteiger partial charge on any atom is 0.387 e. The Morgan fingerprint density at radius 2 is 1.54 bits per heavy atom. The molecule has 2 aromatic rings. The van der Waals surface area contributed by atoms with Crippen LogP contribution in [0.2, 0.25) is 0 Å². The molecule has 1 N–H and O–H groups in total. The zero-order valence-electron chi connectivity index (χ0n) is 14.9. The molecule has 0 aromatic heterocycles. The van der Waals surface area contributed by atoms with Crippen molar-refractivity contribution in [3.05, 3.63) is 65.2 Å². The lowest BCUT2D eigenvalue weighted by Crippen LogP contribution is -2.28. The van der Waals surface area contributed by atoms with Gasteiger partial charge in [0.05, 0.1) is 6.54 Å². The zero-order valence-corrected chi connectivity index (χ0v) is 14.9. The van der Waals surface area contributed by atoms with E-state index in [0.29, 0.717) is 5.56 Å². The van der Waals surface area contributed by atoms with Crippen LogP contribution in [0.25, 0.3) is 0 Å². The summed E-state index contributed by atoms with van der Waals surface area (Å²) in [7, 11) is 0. The number of imide groups is 1. The monoisotopic (exact) mass is 388 g/mol. The van der Waals surface area contributed by atoms with E-state index in [1.807, 2.05) is 0 Å². The van der Waals surface area contributed by atoms with Crippen molar-refractivity contribution in [2.75, 3.05) is 0 Å². The molecule has 1 saturated heterocycles. The fourth-order valence-corrected chi connectivity index (χ4v) is 2.82. The normalized spacial score (nSPS) is 13.9. The molecule has 0 aliphatic carbocycles. The first kappa shape index (κ1) is 19.5. The third-order valence-electron chi connectivity index (χ3n) is 4.31. The van der Waals surface area contributed by atoms with E-state index in [1.54, 1.807) is 36.4 Å². The van der Waals surface area contributed by atoms with Crippen LogP contribution in [0.5, 0.6) is 5.75 Å². The van der Waals surface area contributed by atoms with Gasteiger partial charge in [0.2, 0.25) is 11.8 Å². The van der Waals surface area contributed by atoms with Crippen LogP contribution in [0.15, 0.2) is 48.5 Å². The Labute approximate surface area is 160 Å². The van der Waals surface area contributed by atoms with Crippen molar-refractivity contribution in [1.82, 2.24) is 10.2 Å². The van der Waals surface area contributed by atoms with Crippen molar-refractivity contribution >= 4 is 17.7 Å². The number of ether oxygens (including phenoxy) is 1. The van der Waals surface area contributed by atoms with Crippen molar-refractivity contribution < 1.29 is 27.9 Å². The third kappa shape index (κ3) is 4.91. The van der Waals surface area contributed by atoms with Gasteiger partial charge in [0.25, 0.3) is 5.91 Å². The summed E-state index contributed by atoms with van der Waals surface area (Å²) in [5, 5.41) is 2.74. The van der Waals surface area contributed by atoms with Crippen molar-refractivity contribution in [2.24, 2.45) is 0 Å². The highest BCUT2D eigenvalue weighted by Gasteiger charge is 2.28. The zero-order chi connectivity index (χ0) is 20.1. The van der Waals surface area contributed by atoms with Gasteiger partial charge in [-0.05, 0) is 35.4 Å². The topological polar surface area (TPSA) is 75.7 Å². The molecular formula is C20H18F2N2O4. The van der Waals surface area contributed by atoms with Crippen LogP contribution >= 0.6 is 0 Å². The van der Waals surface area contributed by atoms with Crippen LogP contribution in [-0.4, -0.2) is 29.2 Å². The lowest BCUT2D eigenvalue weighted by molar-refractivity contribution is -0.139. The number of hydrogen-bond donors (Lipinski definition) is 1. The second-order valence-corrected chi connectivity index (χ2v) is 6.28. The van der Waals surface area contributed by atoms with Crippen LogP contribution in [0.4, 0.5) is 8.78 Å². The minimum Gasteiger partial charge on any atom is -0.435 e. The first-order chi connectivity index (χ1) is 13.4. The molecule has 146 valence electrons. The Morgan fingerprint density at radius 3 is 2.11 bits per heavy atom. The first-order valence-electron chi connectivity index (χ1n) is 8.66. The number of benzene rings is 2. The van der Waals surface area contributed by atoms with Crippen molar-refractivity contribution in [1.29, 1.82) is 0 Å². The quantitative estimate of drug-likeness (QED) is 0.740. The van der Waals surface area contributed by atoms with Gasteiger partial charge in [0.15, 0.2) is 0 Å². The van der Waals surface area contributed by atoms with Gasteiger partial charge in [-0.15, -0.1) is 0 Å². The van der Waals surface area contributed by atoms with Crippen LogP contribution in [-0.2, 0) is 22.7 Å². The Bertz CT molecular complexity index is 851. The molecule has 1 aliphatic rings. The maximum absolute atomic E-state index is 12.2. The minimum atomic E-state index is -2.88. The molecule has 1 fully saturated rings. The molecule has 0 saturated carbocycles. The first-order valence-corrected chi connectivity index (χ1v) is 8.66.